The average Bonchev–Trinajstić information content (AvgIpc) is 2.41. The van der Waals surface area contributed by atoms with Crippen LogP contribution in [0.15, 0.2) is 18.3 Å². The maximum Gasteiger partial charge on any atom is 0.408 e. The van der Waals surface area contributed by atoms with Crippen molar-refractivity contribution in [3.8, 4) is 11.8 Å². The second kappa shape index (κ2) is 4.92. The van der Waals surface area contributed by atoms with Crippen LogP contribution >= 0.6 is 0 Å². The van der Waals surface area contributed by atoms with Gasteiger partial charge in [0.05, 0.1) is 18.3 Å². The highest BCUT2D eigenvalue weighted by molar-refractivity contribution is 5.68. The molecule has 2 rings (SSSR count). The first kappa shape index (κ1) is 15.1. The summed E-state index contributed by atoms with van der Waals surface area (Å²) in [5, 5.41) is 18.0. The number of carbonyl (C=O) groups is 1. The quantitative estimate of drug-likeness (QED) is 0.904. The number of nitriles is 1. The van der Waals surface area contributed by atoms with Crippen molar-refractivity contribution >= 4 is 6.09 Å². The predicted octanol–water partition coefficient (Wildman–Crippen LogP) is 2.50. The minimum Gasteiger partial charge on any atom is -0.484 e. The molecule has 0 radical (unpaired) electrons. The van der Waals surface area contributed by atoms with Gasteiger partial charge in [0.25, 0.3) is 0 Å². The highest BCUT2D eigenvalue weighted by Gasteiger charge is 2.60. The van der Waals surface area contributed by atoms with Crippen LogP contribution in [0.4, 0.5) is 4.79 Å². The summed E-state index contributed by atoms with van der Waals surface area (Å²) < 4.78 is 5.90. The molecule has 1 aliphatic rings. The predicted molar refractivity (Wildman–Crippen MR) is 76.0 cm³/mol. The summed E-state index contributed by atoms with van der Waals surface area (Å²) in [6.45, 7) is 8.20. The number of amides is 1. The summed E-state index contributed by atoms with van der Waals surface area (Å²) in [4.78, 5) is 16.7. The van der Waals surface area contributed by atoms with Crippen LogP contribution in [0.2, 0.25) is 0 Å². The van der Waals surface area contributed by atoms with Gasteiger partial charge in [-0.2, -0.15) is 5.26 Å². The number of rotatable bonds is 2. The van der Waals surface area contributed by atoms with E-state index in [0.717, 1.165) is 0 Å². The van der Waals surface area contributed by atoms with E-state index in [0.29, 0.717) is 18.0 Å². The molecular weight excluding hydrogens is 270 g/mol. The molecule has 21 heavy (non-hydrogen) atoms. The first-order valence-corrected chi connectivity index (χ1v) is 6.73. The summed E-state index contributed by atoms with van der Waals surface area (Å²) in [7, 11) is 0. The van der Waals surface area contributed by atoms with Crippen LogP contribution < -0.4 is 4.74 Å². The lowest BCUT2D eigenvalue weighted by Crippen LogP contribution is -2.77. The number of aromatic nitrogens is 1. The summed E-state index contributed by atoms with van der Waals surface area (Å²) in [5.41, 5.74) is -0.567. The molecule has 1 fully saturated rings. The largest absolute Gasteiger partial charge is 0.484 e. The first-order valence-electron chi connectivity index (χ1n) is 6.73. The molecule has 2 atom stereocenters. The molecule has 0 bridgehead atoms. The van der Waals surface area contributed by atoms with E-state index >= 15 is 0 Å². The molecular formula is C15H19N3O3. The molecule has 2 heterocycles. The SMILES string of the molecule is CC(C)(C)[C@]1(C)[C@@H](Oc2ccc(C#N)nc2)CN1C(=O)O. The normalized spacial score (nSPS) is 24.9. The molecule has 0 spiro atoms. The molecule has 0 aromatic carbocycles. The van der Waals surface area contributed by atoms with E-state index in [9.17, 15) is 9.90 Å². The number of hydrogen-bond donors (Lipinski definition) is 1. The number of hydrogen-bond acceptors (Lipinski definition) is 4. The Morgan fingerprint density at radius 3 is 2.67 bits per heavy atom. The van der Waals surface area contributed by atoms with Gasteiger partial charge in [-0.1, -0.05) is 20.8 Å². The van der Waals surface area contributed by atoms with E-state index in [2.05, 4.69) is 4.98 Å². The second-order valence-corrected chi connectivity index (χ2v) is 6.39. The Hall–Kier alpha value is -2.29. The summed E-state index contributed by atoms with van der Waals surface area (Å²) >= 11 is 0. The third-order valence-corrected chi connectivity index (χ3v) is 4.41. The van der Waals surface area contributed by atoms with E-state index in [1.54, 1.807) is 12.1 Å². The molecule has 1 aromatic rings. The molecule has 1 saturated heterocycles. The fraction of sp³-hybridized carbons (Fsp3) is 0.533. The van der Waals surface area contributed by atoms with E-state index in [1.807, 2.05) is 33.8 Å². The van der Waals surface area contributed by atoms with Crippen LogP contribution in [0.5, 0.6) is 5.75 Å². The fourth-order valence-electron chi connectivity index (χ4n) is 2.59. The molecule has 0 aliphatic carbocycles. The van der Waals surface area contributed by atoms with Crippen LogP contribution in [0.3, 0.4) is 0 Å². The maximum absolute atomic E-state index is 11.3. The van der Waals surface area contributed by atoms with Crippen molar-refractivity contribution < 1.29 is 14.6 Å². The van der Waals surface area contributed by atoms with Crippen LogP contribution in [0.25, 0.3) is 0 Å². The van der Waals surface area contributed by atoms with E-state index in [1.165, 1.54) is 11.1 Å². The summed E-state index contributed by atoms with van der Waals surface area (Å²) in [6.07, 6.45) is 0.305. The Morgan fingerprint density at radius 2 is 2.24 bits per heavy atom. The summed E-state index contributed by atoms with van der Waals surface area (Å²) in [5.74, 6) is 0.541. The Labute approximate surface area is 124 Å². The van der Waals surface area contributed by atoms with Gasteiger partial charge in [-0.25, -0.2) is 9.78 Å². The number of nitrogens with zero attached hydrogens (tertiary/aromatic N) is 3. The van der Waals surface area contributed by atoms with Gasteiger partial charge < -0.3 is 9.84 Å². The number of ether oxygens (including phenoxy) is 1. The van der Waals surface area contributed by atoms with Crippen molar-refractivity contribution in [3.63, 3.8) is 0 Å². The Bertz CT molecular complexity index is 586. The van der Waals surface area contributed by atoms with Crippen molar-refractivity contribution in [3.05, 3.63) is 24.0 Å². The minimum absolute atomic E-state index is 0.247. The van der Waals surface area contributed by atoms with Crippen molar-refractivity contribution in [1.82, 2.24) is 9.88 Å². The lowest BCUT2D eigenvalue weighted by Gasteiger charge is -2.60. The van der Waals surface area contributed by atoms with Gasteiger partial charge in [0.2, 0.25) is 0 Å². The van der Waals surface area contributed by atoms with Gasteiger partial charge in [0.1, 0.15) is 23.6 Å². The van der Waals surface area contributed by atoms with Crippen molar-refractivity contribution in [2.45, 2.75) is 39.3 Å². The number of carboxylic acid groups (broad SMARTS) is 1. The Kier molecular flexibility index (Phi) is 3.54. The molecule has 1 N–H and O–H groups in total. The average molecular weight is 289 g/mol. The molecule has 0 unspecified atom stereocenters. The standard InChI is InChI=1S/C15H19N3O3/c1-14(2,3)15(4)12(9-18(15)13(19)20)21-11-6-5-10(7-16)17-8-11/h5-6,8,12H,9H2,1-4H3,(H,19,20)/t12-,15-/m0/s1. The Balaban J connectivity index is 2.20. The van der Waals surface area contributed by atoms with Crippen LogP contribution in [-0.2, 0) is 0 Å². The topological polar surface area (TPSA) is 86.5 Å². The van der Waals surface area contributed by atoms with Gasteiger partial charge in [0.15, 0.2) is 0 Å². The third-order valence-electron chi connectivity index (χ3n) is 4.41. The van der Waals surface area contributed by atoms with Crippen LogP contribution in [0.1, 0.15) is 33.4 Å². The lowest BCUT2D eigenvalue weighted by molar-refractivity contribution is -0.147. The molecule has 6 heteroatoms. The van der Waals surface area contributed by atoms with Gasteiger partial charge in [-0.3, -0.25) is 4.90 Å². The second-order valence-electron chi connectivity index (χ2n) is 6.39. The zero-order valence-corrected chi connectivity index (χ0v) is 12.6. The highest BCUT2D eigenvalue weighted by atomic mass is 16.5. The van der Waals surface area contributed by atoms with Gasteiger partial charge in [-0.15, -0.1) is 0 Å². The van der Waals surface area contributed by atoms with Crippen molar-refractivity contribution in [2.75, 3.05) is 6.54 Å². The monoisotopic (exact) mass is 289 g/mol. The number of pyridine rings is 1. The van der Waals surface area contributed by atoms with Crippen molar-refractivity contribution in [2.24, 2.45) is 5.41 Å². The van der Waals surface area contributed by atoms with Gasteiger partial charge in [0, 0.05) is 0 Å². The zero-order chi connectivity index (χ0) is 15.8. The van der Waals surface area contributed by atoms with Crippen LogP contribution in [0, 0.1) is 16.7 Å². The molecule has 112 valence electrons. The number of likely N-dealkylation sites (tertiary alicyclic amines) is 1. The van der Waals surface area contributed by atoms with E-state index in [-0.39, 0.29) is 11.5 Å². The first-order chi connectivity index (χ1) is 9.70. The minimum atomic E-state index is -0.940. The third kappa shape index (κ3) is 2.40. The molecule has 0 saturated carbocycles. The van der Waals surface area contributed by atoms with E-state index < -0.39 is 11.6 Å². The zero-order valence-electron chi connectivity index (χ0n) is 12.6. The van der Waals surface area contributed by atoms with Gasteiger partial charge in [-0.05, 0) is 24.5 Å². The lowest BCUT2D eigenvalue weighted by atomic mass is 9.65. The van der Waals surface area contributed by atoms with Crippen molar-refractivity contribution in [1.29, 1.82) is 5.26 Å². The molecule has 1 aliphatic heterocycles. The molecule has 6 nitrogen and oxygen atoms in total. The van der Waals surface area contributed by atoms with Gasteiger partial charge >= 0.3 is 6.09 Å². The maximum atomic E-state index is 11.3. The van der Waals surface area contributed by atoms with E-state index in [4.69, 9.17) is 10.00 Å². The Morgan fingerprint density at radius 1 is 1.57 bits per heavy atom. The fourth-order valence-corrected chi connectivity index (χ4v) is 2.59. The molecule has 1 amide bonds. The highest BCUT2D eigenvalue weighted by Crippen LogP contribution is 2.46. The smallest absolute Gasteiger partial charge is 0.408 e. The van der Waals surface area contributed by atoms with Crippen LogP contribution in [-0.4, -0.2) is 39.3 Å². The summed E-state index contributed by atoms with van der Waals surface area (Å²) in [6, 6.07) is 5.20. The molecule has 1 aromatic heterocycles.